The summed E-state index contributed by atoms with van der Waals surface area (Å²) in [6.07, 6.45) is 3.03. The number of amides is 1. The molecule has 1 aliphatic rings. The van der Waals surface area contributed by atoms with Gasteiger partial charge in [-0.05, 0) is 52.2 Å². The molecule has 1 amide bonds. The van der Waals surface area contributed by atoms with Crippen molar-refractivity contribution in [1.82, 2.24) is 14.0 Å². The molecule has 8 nitrogen and oxygen atoms in total. The number of aliphatic imine (C=N–C) groups is 1. The fourth-order valence-electron chi connectivity index (χ4n) is 4.04. The molecule has 0 bridgehead atoms. The van der Waals surface area contributed by atoms with E-state index in [2.05, 4.69) is 4.99 Å². The second-order valence-electron chi connectivity index (χ2n) is 8.38. The predicted molar refractivity (Wildman–Crippen MR) is 128 cm³/mol. The lowest BCUT2D eigenvalue weighted by Gasteiger charge is -2.39. The normalized spacial score (nSPS) is 19.3. The van der Waals surface area contributed by atoms with Crippen LogP contribution in [-0.4, -0.2) is 47.9 Å². The van der Waals surface area contributed by atoms with Gasteiger partial charge < -0.3 is 10.0 Å². The number of hydrogen-bond acceptors (Lipinski definition) is 6. The van der Waals surface area contributed by atoms with Crippen LogP contribution in [0.1, 0.15) is 44.2 Å². The molecular formula is C23H30N4O4S. The number of carbonyl (C=O) groups is 1. The summed E-state index contributed by atoms with van der Waals surface area (Å²) < 4.78 is 1.93. The molecule has 0 saturated carbocycles. The highest BCUT2D eigenvalue weighted by Gasteiger charge is 2.30. The van der Waals surface area contributed by atoms with Crippen LogP contribution in [0.15, 0.2) is 38.8 Å². The van der Waals surface area contributed by atoms with Crippen molar-refractivity contribution in [2.24, 2.45) is 19.1 Å². The molecule has 2 unspecified atom stereocenters. The highest BCUT2D eigenvalue weighted by Crippen LogP contribution is 2.26. The Labute approximate surface area is 191 Å². The first-order chi connectivity index (χ1) is 15.1. The number of piperidine rings is 1. The number of aromatic nitrogens is 2. The minimum Gasteiger partial charge on any atom is -0.494 e. The second kappa shape index (κ2) is 9.77. The van der Waals surface area contributed by atoms with Gasteiger partial charge in [-0.25, -0.2) is 9.79 Å². The summed E-state index contributed by atoms with van der Waals surface area (Å²) in [4.78, 5) is 44.6. The van der Waals surface area contributed by atoms with Crippen molar-refractivity contribution in [3.05, 3.63) is 56.2 Å². The van der Waals surface area contributed by atoms with Crippen LogP contribution in [-0.2, 0) is 18.9 Å². The first-order valence-corrected chi connectivity index (χ1v) is 11.7. The average molecular weight is 459 g/mol. The van der Waals surface area contributed by atoms with E-state index in [4.69, 9.17) is 0 Å². The third kappa shape index (κ3) is 4.82. The van der Waals surface area contributed by atoms with Gasteiger partial charge in [0.25, 0.3) is 5.56 Å². The molecule has 3 rings (SSSR count). The van der Waals surface area contributed by atoms with Crippen LogP contribution in [0.5, 0.6) is 5.88 Å². The summed E-state index contributed by atoms with van der Waals surface area (Å²) in [5.74, 6) is -0.429. The van der Waals surface area contributed by atoms with E-state index in [0.29, 0.717) is 5.69 Å². The molecular weight excluding hydrogens is 428 g/mol. The van der Waals surface area contributed by atoms with E-state index < -0.39 is 17.1 Å². The molecule has 0 aliphatic carbocycles. The zero-order valence-electron chi connectivity index (χ0n) is 19.2. The van der Waals surface area contributed by atoms with Crippen LogP contribution in [0.3, 0.4) is 0 Å². The Morgan fingerprint density at radius 1 is 1.09 bits per heavy atom. The van der Waals surface area contributed by atoms with Gasteiger partial charge in [0, 0.05) is 26.2 Å². The molecule has 32 heavy (non-hydrogen) atoms. The lowest BCUT2D eigenvalue weighted by atomic mass is 9.98. The molecule has 0 spiro atoms. The SMILES string of the molecule is Cc1ccc(N=C(SCC(=O)N2C(C)CCCC2C)c2c(O)n(C)c(=O)n(C)c2=O)cc1. The number of hydrogen-bond donors (Lipinski definition) is 1. The first-order valence-electron chi connectivity index (χ1n) is 10.7. The zero-order valence-corrected chi connectivity index (χ0v) is 20.0. The fourth-order valence-corrected chi connectivity index (χ4v) is 4.94. The maximum atomic E-state index is 13.1. The van der Waals surface area contributed by atoms with Crippen molar-refractivity contribution in [3.63, 3.8) is 0 Å². The van der Waals surface area contributed by atoms with Gasteiger partial charge in [0.15, 0.2) is 0 Å². The maximum Gasteiger partial charge on any atom is 0.333 e. The van der Waals surface area contributed by atoms with Crippen molar-refractivity contribution in [2.75, 3.05) is 5.75 Å². The van der Waals surface area contributed by atoms with E-state index in [1.807, 2.05) is 37.8 Å². The van der Waals surface area contributed by atoms with Crippen LogP contribution < -0.4 is 11.2 Å². The first kappa shape index (κ1) is 23.8. The maximum absolute atomic E-state index is 13.1. The Kier molecular flexibility index (Phi) is 7.28. The van der Waals surface area contributed by atoms with E-state index in [1.54, 1.807) is 12.1 Å². The van der Waals surface area contributed by atoms with E-state index in [1.165, 1.54) is 14.1 Å². The molecule has 1 N–H and O–H groups in total. The molecule has 2 heterocycles. The Balaban J connectivity index is 2.02. The average Bonchev–Trinajstić information content (AvgIpc) is 2.76. The Morgan fingerprint density at radius 3 is 2.28 bits per heavy atom. The molecule has 172 valence electrons. The topological polar surface area (TPSA) is 96.9 Å². The Hall–Kier alpha value is -2.81. The highest BCUT2D eigenvalue weighted by atomic mass is 32.2. The van der Waals surface area contributed by atoms with Gasteiger partial charge in [-0.3, -0.25) is 18.7 Å². The molecule has 1 fully saturated rings. The van der Waals surface area contributed by atoms with Crippen molar-refractivity contribution < 1.29 is 9.90 Å². The van der Waals surface area contributed by atoms with E-state index in [9.17, 15) is 19.5 Å². The number of aryl methyl sites for hydroxylation is 1. The molecule has 1 aliphatic heterocycles. The van der Waals surface area contributed by atoms with E-state index in [0.717, 1.165) is 45.7 Å². The van der Waals surface area contributed by atoms with Gasteiger partial charge in [0.1, 0.15) is 10.6 Å². The van der Waals surface area contributed by atoms with Crippen LogP contribution in [0, 0.1) is 6.92 Å². The summed E-state index contributed by atoms with van der Waals surface area (Å²) in [6, 6.07) is 7.70. The second-order valence-corrected chi connectivity index (χ2v) is 9.34. The zero-order chi connectivity index (χ0) is 23.6. The highest BCUT2D eigenvalue weighted by molar-refractivity contribution is 8.15. The summed E-state index contributed by atoms with van der Waals surface area (Å²) in [7, 11) is 2.74. The van der Waals surface area contributed by atoms with Crippen LogP contribution in [0.25, 0.3) is 0 Å². The lowest BCUT2D eigenvalue weighted by Crippen LogP contribution is -2.48. The minimum atomic E-state index is -0.656. The summed E-state index contributed by atoms with van der Waals surface area (Å²) in [5.41, 5.74) is 0.259. The third-order valence-corrected chi connectivity index (χ3v) is 6.89. The third-order valence-electron chi connectivity index (χ3n) is 5.93. The minimum absolute atomic E-state index is 0.0348. The summed E-state index contributed by atoms with van der Waals surface area (Å²) in [6.45, 7) is 6.06. The smallest absolute Gasteiger partial charge is 0.333 e. The number of aromatic hydroxyl groups is 1. The van der Waals surface area contributed by atoms with Gasteiger partial charge in [-0.1, -0.05) is 29.5 Å². The monoisotopic (exact) mass is 458 g/mol. The van der Waals surface area contributed by atoms with E-state index in [-0.39, 0.29) is 34.4 Å². The summed E-state index contributed by atoms with van der Waals surface area (Å²) >= 11 is 1.10. The van der Waals surface area contributed by atoms with Gasteiger partial charge in [0.2, 0.25) is 11.8 Å². The number of rotatable bonds is 4. The molecule has 1 aromatic heterocycles. The van der Waals surface area contributed by atoms with Gasteiger partial charge in [0.05, 0.1) is 11.4 Å². The standard InChI is InChI=1S/C23H30N4O4S/c1-14-9-11-17(12-10-14)24-20(19-21(29)25(4)23(31)26(5)22(19)30)32-13-18(28)27-15(2)7-6-8-16(27)3/h9-12,15-16,29H,6-8,13H2,1-5H3. The predicted octanol–water partition coefficient (Wildman–Crippen LogP) is 2.70. The van der Waals surface area contributed by atoms with Crippen molar-refractivity contribution in [1.29, 1.82) is 0 Å². The van der Waals surface area contributed by atoms with Crippen LogP contribution in [0.2, 0.25) is 0 Å². The molecule has 1 saturated heterocycles. The number of nitrogens with zero attached hydrogens (tertiary/aromatic N) is 4. The molecule has 1 aromatic carbocycles. The van der Waals surface area contributed by atoms with Crippen molar-refractivity contribution in [2.45, 2.75) is 52.1 Å². The summed E-state index contributed by atoms with van der Waals surface area (Å²) in [5, 5.41) is 10.8. The molecule has 9 heteroatoms. The largest absolute Gasteiger partial charge is 0.494 e. The van der Waals surface area contributed by atoms with Crippen LogP contribution in [0.4, 0.5) is 5.69 Å². The molecule has 0 radical (unpaired) electrons. The number of benzene rings is 1. The van der Waals surface area contributed by atoms with Gasteiger partial charge in [-0.2, -0.15) is 0 Å². The number of carbonyl (C=O) groups excluding carboxylic acids is 1. The molecule has 2 aromatic rings. The van der Waals surface area contributed by atoms with Gasteiger partial charge >= 0.3 is 5.69 Å². The van der Waals surface area contributed by atoms with Crippen molar-refractivity contribution >= 4 is 28.4 Å². The number of thioether (sulfide) groups is 1. The Bertz CT molecular complexity index is 1140. The molecule has 2 atom stereocenters. The van der Waals surface area contributed by atoms with Crippen molar-refractivity contribution in [3.8, 4) is 5.88 Å². The van der Waals surface area contributed by atoms with Gasteiger partial charge in [-0.15, -0.1) is 0 Å². The lowest BCUT2D eigenvalue weighted by molar-refractivity contribution is -0.134. The number of likely N-dealkylation sites (tertiary alicyclic amines) is 1. The fraction of sp³-hybridized carbons (Fsp3) is 0.478. The quantitative estimate of drug-likeness (QED) is 0.561. The van der Waals surface area contributed by atoms with Crippen LogP contribution >= 0.6 is 11.8 Å². The van der Waals surface area contributed by atoms with E-state index >= 15 is 0 Å². The Morgan fingerprint density at radius 2 is 1.69 bits per heavy atom.